The Kier molecular flexibility index (Phi) is 5.71. The maximum Gasteiger partial charge on any atom is 0.254 e. The van der Waals surface area contributed by atoms with Crippen LogP contribution < -0.4 is 10.6 Å². The SMILES string of the molecule is CCCNC(=O)c1cccc(C(=O)N2CCNCC(C)(F)C2)c1. The van der Waals surface area contributed by atoms with Crippen molar-refractivity contribution >= 4 is 11.8 Å². The van der Waals surface area contributed by atoms with Gasteiger partial charge in [0, 0.05) is 37.3 Å². The number of hydrogen-bond acceptors (Lipinski definition) is 3. The number of halogens is 1. The fourth-order valence-corrected chi connectivity index (χ4v) is 2.59. The molecule has 0 aliphatic carbocycles. The highest BCUT2D eigenvalue weighted by atomic mass is 19.1. The largest absolute Gasteiger partial charge is 0.352 e. The Bertz CT molecular complexity index is 575. The van der Waals surface area contributed by atoms with Gasteiger partial charge in [0.05, 0.1) is 6.54 Å². The van der Waals surface area contributed by atoms with E-state index in [1.165, 1.54) is 11.8 Å². The molecule has 0 spiro atoms. The van der Waals surface area contributed by atoms with Crippen molar-refractivity contribution in [1.82, 2.24) is 15.5 Å². The van der Waals surface area contributed by atoms with Gasteiger partial charge in [-0.3, -0.25) is 9.59 Å². The van der Waals surface area contributed by atoms with Crippen LogP contribution in [0.4, 0.5) is 4.39 Å². The third kappa shape index (κ3) is 4.76. The summed E-state index contributed by atoms with van der Waals surface area (Å²) in [6.45, 7) is 5.34. The van der Waals surface area contributed by atoms with Crippen molar-refractivity contribution in [1.29, 1.82) is 0 Å². The topological polar surface area (TPSA) is 61.4 Å². The summed E-state index contributed by atoms with van der Waals surface area (Å²) in [6.07, 6.45) is 0.847. The molecule has 2 amide bonds. The van der Waals surface area contributed by atoms with Crippen LogP contribution in [0, 0.1) is 0 Å². The zero-order chi connectivity index (χ0) is 16.9. The van der Waals surface area contributed by atoms with Crippen LogP contribution in [0.25, 0.3) is 0 Å². The number of hydrogen-bond donors (Lipinski definition) is 2. The number of nitrogens with one attached hydrogen (secondary N) is 2. The van der Waals surface area contributed by atoms with E-state index in [0.717, 1.165) is 6.42 Å². The summed E-state index contributed by atoms with van der Waals surface area (Å²) in [5.74, 6) is -0.447. The van der Waals surface area contributed by atoms with Gasteiger partial charge in [-0.15, -0.1) is 0 Å². The molecule has 5 nitrogen and oxygen atoms in total. The smallest absolute Gasteiger partial charge is 0.254 e. The highest BCUT2D eigenvalue weighted by Gasteiger charge is 2.31. The summed E-state index contributed by atoms with van der Waals surface area (Å²) < 4.78 is 14.3. The Balaban J connectivity index is 2.14. The summed E-state index contributed by atoms with van der Waals surface area (Å²) in [5.41, 5.74) is -0.602. The van der Waals surface area contributed by atoms with Gasteiger partial charge in [0.15, 0.2) is 0 Å². The summed E-state index contributed by atoms with van der Waals surface area (Å²) >= 11 is 0. The second kappa shape index (κ2) is 7.55. The van der Waals surface area contributed by atoms with Crippen molar-refractivity contribution < 1.29 is 14.0 Å². The molecule has 0 saturated carbocycles. The standard InChI is InChI=1S/C17H24FN3O2/c1-3-7-20-15(22)13-5-4-6-14(10-13)16(23)21-9-8-19-11-17(2,18)12-21/h4-6,10,19H,3,7-9,11-12H2,1-2H3,(H,20,22). The van der Waals surface area contributed by atoms with E-state index in [1.807, 2.05) is 6.92 Å². The molecule has 1 aromatic rings. The fourth-order valence-electron chi connectivity index (χ4n) is 2.59. The van der Waals surface area contributed by atoms with Crippen LogP contribution in [-0.4, -0.2) is 55.1 Å². The average Bonchev–Trinajstić information content (AvgIpc) is 2.72. The van der Waals surface area contributed by atoms with E-state index >= 15 is 0 Å². The fraction of sp³-hybridized carbons (Fsp3) is 0.529. The zero-order valence-corrected chi connectivity index (χ0v) is 13.7. The average molecular weight is 321 g/mol. The van der Waals surface area contributed by atoms with Crippen LogP contribution in [0.1, 0.15) is 41.0 Å². The molecule has 1 aromatic carbocycles. The maximum absolute atomic E-state index is 14.3. The number of carbonyl (C=O) groups excluding carboxylic acids is 2. The van der Waals surface area contributed by atoms with Crippen molar-refractivity contribution in [3.8, 4) is 0 Å². The molecule has 1 aliphatic rings. The molecule has 126 valence electrons. The molecule has 23 heavy (non-hydrogen) atoms. The Morgan fingerprint density at radius 1 is 1.39 bits per heavy atom. The molecule has 0 radical (unpaired) electrons. The number of rotatable bonds is 4. The molecule has 0 bridgehead atoms. The second-order valence-corrected chi connectivity index (χ2v) is 6.15. The van der Waals surface area contributed by atoms with Crippen LogP contribution in [0.3, 0.4) is 0 Å². The summed E-state index contributed by atoms with van der Waals surface area (Å²) in [4.78, 5) is 26.1. The Morgan fingerprint density at radius 2 is 2.13 bits per heavy atom. The minimum Gasteiger partial charge on any atom is -0.352 e. The molecular formula is C17H24FN3O2. The van der Waals surface area contributed by atoms with E-state index in [-0.39, 0.29) is 24.9 Å². The van der Waals surface area contributed by atoms with Crippen LogP contribution in [-0.2, 0) is 0 Å². The lowest BCUT2D eigenvalue weighted by Gasteiger charge is -2.26. The van der Waals surface area contributed by atoms with Gasteiger partial charge in [-0.2, -0.15) is 0 Å². The van der Waals surface area contributed by atoms with E-state index in [4.69, 9.17) is 0 Å². The normalized spacial score (nSPS) is 21.6. The number of amides is 2. The van der Waals surface area contributed by atoms with Gasteiger partial charge in [-0.25, -0.2) is 4.39 Å². The maximum atomic E-state index is 14.3. The molecule has 2 rings (SSSR count). The third-order valence-electron chi connectivity index (χ3n) is 3.77. The molecular weight excluding hydrogens is 297 g/mol. The molecule has 2 N–H and O–H groups in total. The zero-order valence-electron chi connectivity index (χ0n) is 13.7. The van der Waals surface area contributed by atoms with Crippen LogP contribution >= 0.6 is 0 Å². The van der Waals surface area contributed by atoms with Gasteiger partial charge in [0.25, 0.3) is 11.8 Å². The van der Waals surface area contributed by atoms with E-state index in [9.17, 15) is 14.0 Å². The quantitative estimate of drug-likeness (QED) is 0.885. The van der Waals surface area contributed by atoms with E-state index in [2.05, 4.69) is 10.6 Å². The monoisotopic (exact) mass is 321 g/mol. The van der Waals surface area contributed by atoms with Crippen LogP contribution in [0.2, 0.25) is 0 Å². The third-order valence-corrected chi connectivity index (χ3v) is 3.77. The first-order chi connectivity index (χ1) is 10.9. The van der Waals surface area contributed by atoms with Gasteiger partial charge in [0.2, 0.25) is 0 Å². The lowest BCUT2D eigenvalue weighted by Crippen LogP contribution is -2.42. The van der Waals surface area contributed by atoms with E-state index in [1.54, 1.807) is 24.3 Å². The first-order valence-electron chi connectivity index (χ1n) is 8.00. The van der Waals surface area contributed by atoms with Crippen molar-refractivity contribution in [2.45, 2.75) is 25.9 Å². The highest BCUT2D eigenvalue weighted by Crippen LogP contribution is 2.16. The molecule has 1 saturated heterocycles. The van der Waals surface area contributed by atoms with Gasteiger partial charge >= 0.3 is 0 Å². The van der Waals surface area contributed by atoms with Crippen molar-refractivity contribution in [2.75, 3.05) is 32.7 Å². The molecule has 6 heteroatoms. The molecule has 1 heterocycles. The lowest BCUT2D eigenvalue weighted by molar-refractivity contribution is 0.0656. The molecule has 1 unspecified atom stereocenters. The summed E-state index contributed by atoms with van der Waals surface area (Å²) in [5, 5.41) is 5.78. The van der Waals surface area contributed by atoms with Gasteiger partial charge in [-0.05, 0) is 31.5 Å². The number of benzene rings is 1. The first kappa shape index (κ1) is 17.4. The Morgan fingerprint density at radius 3 is 2.87 bits per heavy atom. The molecule has 1 fully saturated rings. The van der Waals surface area contributed by atoms with E-state index < -0.39 is 5.67 Å². The number of carbonyl (C=O) groups is 2. The van der Waals surface area contributed by atoms with Gasteiger partial charge in [0.1, 0.15) is 5.67 Å². The van der Waals surface area contributed by atoms with Crippen LogP contribution in [0.5, 0.6) is 0 Å². The first-order valence-corrected chi connectivity index (χ1v) is 8.00. The van der Waals surface area contributed by atoms with Crippen LogP contribution in [0.15, 0.2) is 24.3 Å². The number of alkyl halides is 1. The lowest BCUT2D eigenvalue weighted by atomic mass is 10.1. The Hall–Kier alpha value is -1.95. The minimum atomic E-state index is -1.46. The molecule has 1 atom stereocenters. The summed E-state index contributed by atoms with van der Waals surface area (Å²) in [6, 6.07) is 6.58. The predicted molar refractivity (Wildman–Crippen MR) is 87.4 cm³/mol. The van der Waals surface area contributed by atoms with Gasteiger partial charge in [-0.1, -0.05) is 13.0 Å². The number of nitrogens with zero attached hydrogens (tertiary/aromatic N) is 1. The molecule has 1 aliphatic heterocycles. The molecule has 0 aromatic heterocycles. The van der Waals surface area contributed by atoms with Crippen molar-refractivity contribution in [3.05, 3.63) is 35.4 Å². The second-order valence-electron chi connectivity index (χ2n) is 6.15. The van der Waals surface area contributed by atoms with Crippen molar-refractivity contribution in [3.63, 3.8) is 0 Å². The predicted octanol–water partition coefficient (Wildman–Crippen LogP) is 1.60. The van der Waals surface area contributed by atoms with E-state index in [0.29, 0.717) is 30.8 Å². The minimum absolute atomic E-state index is 0.0467. The highest BCUT2D eigenvalue weighted by molar-refractivity contribution is 5.99. The van der Waals surface area contributed by atoms with Crippen molar-refractivity contribution in [2.24, 2.45) is 0 Å². The summed E-state index contributed by atoms with van der Waals surface area (Å²) in [7, 11) is 0. The van der Waals surface area contributed by atoms with Gasteiger partial charge < -0.3 is 15.5 Å². The Labute approximate surface area is 136 Å².